The van der Waals surface area contributed by atoms with Gasteiger partial charge in [-0.2, -0.15) is 5.26 Å². The number of aromatic nitrogens is 2. The fourth-order valence-corrected chi connectivity index (χ4v) is 5.32. The lowest BCUT2D eigenvalue weighted by Crippen LogP contribution is -2.18. The highest BCUT2D eigenvalue weighted by atomic mass is 32.2. The second-order valence-corrected chi connectivity index (χ2v) is 10.1. The molecule has 2 aromatic carbocycles. The van der Waals surface area contributed by atoms with Crippen LogP contribution < -0.4 is 5.32 Å². The molecule has 4 aromatic rings. The molecule has 0 spiro atoms. The average Bonchev–Trinajstić information content (AvgIpc) is 3.28. The van der Waals surface area contributed by atoms with Crippen LogP contribution in [-0.4, -0.2) is 24.9 Å². The van der Waals surface area contributed by atoms with Crippen LogP contribution in [0.3, 0.4) is 0 Å². The highest BCUT2D eigenvalue weighted by Gasteiger charge is 2.33. The molecule has 0 saturated heterocycles. The van der Waals surface area contributed by atoms with Crippen LogP contribution in [0.15, 0.2) is 70.9 Å². The Bertz CT molecular complexity index is 1340. The third-order valence-corrected chi connectivity index (χ3v) is 7.68. The number of rotatable bonds is 7. The van der Waals surface area contributed by atoms with Crippen molar-refractivity contribution in [1.82, 2.24) is 9.97 Å². The SMILES string of the molecule is Cc1ccc(S(=O)(=O)C(C#N)c2nc3ccccc3nc2NCCc2cccs2)cc1. The van der Waals surface area contributed by atoms with Gasteiger partial charge in [-0.15, -0.1) is 11.3 Å². The van der Waals surface area contributed by atoms with Gasteiger partial charge in [-0.1, -0.05) is 35.9 Å². The van der Waals surface area contributed by atoms with Crippen LogP contribution in [0.1, 0.15) is 21.4 Å². The molecule has 6 nitrogen and oxygen atoms in total. The summed E-state index contributed by atoms with van der Waals surface area (Å²) in [5, 5.41) is 13.6. The Balaban J connectivity index is 1.75. The first kappa shape index (κ1) is 21.0. The Morgan fingerprint density at radius 3 is 2.39 bits per heavy atom. The summed E-state index contributed by atoms with van der Waals surface area (Å²) in [5.74, 6) is 0.317. The van der Waals surface area contributed by atoms with Gasteiger partial charge in [-0.3, -0.25) is 0 Å². The lowest BCUT2D eigenvalue weighted by Gasteiger charge is -2.16. The van der Waals surface area contributed by atoms with E-state index in [0.717, 1.165) is 12.0 Å². The molecule has 0 bridgehead atoms. The number of sulfone groups is 1. The number of benzene rings is 2. The summed E-state index contributed by atoms with van der Waals surface area (Å²) in [6.07, 6.45) is 0.757. The van der Waals surface area contributed by atoms with E-state index in [1.807, 2.05) is 42.6 Å². The topological polar surface area (TPSA) is 95.7 Å². The molecule has 0 amide bonds. The lowest BCUT2D eigenvalue weighted by atomic mass is 10.2. The zero-order chi connectivity index (χ0) is 21.8. The Morgan fingerprint density at radius 2 is 1.74 bits per heavy atom. The Labute approximate surface area is 185 Å². The highest BCUT2D eigenvalue weighted by Crippen LogP contribution is 2.32. The van der Waals surface area contributed by atoms with E-state index in [1.54, 1.807) is 35.6 Å². The molecule has 0 aliphatic rings. The van der Waals surface area contributed by atoms with Crippen molar-refractivity contribution >= 4 is 38.0 Å². The average molecular weight is 449 g/mol. The van der Waals surface area contributed by atoms with E-state index in [4.69, 9.17) is 0 Å². The van der Waals surface area contributed by atoms with Crippen molar-refractivity contribution in [3.05, 3.63) is 82.2 Å². The van der Waals surface area contributed by atoms with Crippen LogP contribution >= 0.6 is 11.3 Å². The highest BCUT2D eigenvalue weighted by molar-refractivity contribution is 7.92. The summed E-state index contributed by atoms with van der Waals surface area (Å²) in [7, 11) is -3.98. The van der Waals surface area contributed by atoms with Gasteiger partial charge in [0.1, 0.15) is 5.69 Å². The van der Waals surface area contributed by atoms with Crippen LogP contribution in [0, 0.1) is 18.3 Å². The zero-order valence-electron chi connectivity index (χ0n) is 16.8. The molecular formula is C23H20N4O2S2. The van der Waals surface area contributed by atoms with Crippen LogP contribution in [-0.2, 0) is 16.3 Å². The molecule has 0 saturated carbocycles. The van der Waals surface area contributed by atoms with Crippen molar-refractivity contribution < 1.29 is 8.42 Å². The smallest absolute Gasteiger partial charge is 0.200 e. The predicted octanol–water partition coefficient (Wildman–Crippen LogP) is 4.69. The monoisotopic (exact) mass is 448 g/mol. The van der Waals surface area contributed by atoms with E-state index in [2.05, 4.69) is 15.3 Å². The van der Waals surface area contributed by atoms with Gasteiger partial charge < -0.3 is 5.32 Å². The molecule has 156 valence electrons. The van der Waals surface area contributed by atoms with Crippen molar-refractivity contribution in [2.75, 3.05) is 11.9 Å². The quantitative estimate of drug-likeness (QED) is 0.440. The van der Waals surface area contributed by atoms with Crippen molar-refractivity contribution in [3.8, 4) is 6.07 Å². The van der Waals surface area contributed by atoms with E-state index < -0.39 is 15.1 Å². The summed E-state index contributed by atoms with van der Waals surface area (Å²) in [6.45, 7) is 2.42. The van der Waals surface area contributed by atoms with E-state index in [1.165, 1.54) is 17.0 Å². The summed E-state index contributed by atoms with van der Waals surface area (Å²) >= 11 is 1.65. The van der Waals surface area contributed by atoms with Crippen LogP contribution in [0.2, 0.25) is 0 Å². The molecule has 0 radical (unpaired) electrons. The molecule has 0 fully saturated rings. The molecule has 1 atom stereocenters. The number of nitrogens with one attached hydrogen (secondary N) is 1. The first-order valence-corrected chi connectivity index (χ1v) is 12.1. The van der Waals surface area contributed by atoms with Crippen LogP contribution in [0.5, 0.6) is 0 Å². The number of anilines is 1. The van der Waals surface area contributed by atoms with Gasteiger partial charge in [0.05, 0.1) is 22.0 Å². The molecule has 2 heterocycles. The number of thiophene rings is 1. The molecule has 31 heavy (non-hydrogen) atoms. The van der Waals surface area contributed by atoms with Crippen LogP contribution in [0.25, 0.3) is 11.0 Å². The number of para-hydroxylation sites is 2. The fraction of sp³-hybridized carbons (Fsp3) is 0.174. The zero-order valence-corrected chi connectivity index (χ0v) is 18.5. The van der Waals surface area contributed by atoms with Crippen molar-refractivity contribution in [3.63, 3.8) is 0 Å². The Kier molecular flexibility index (Phi) is 5.98. The number of aryl methyl sites for hydroxylation is 1. The van der Waals surface area contributed by atoms with Crippen molar-refractivity contribution in [2.24, 2.45) is 0 Å². The molecule has 2 aromatic heterocycles. The van der Waals surface area contributed by atoms with Gasteiger partial charge in [-0.25, -0.2) is 18.4 Å². The maximum Gasteiger partial charge on any atom is 0.200 e. The number of fused-ring (bicyclic) bond motifs is 1. The lowest BCUT2D eigenvalue weighted by molar-refractivity contribution is 0.590. The molecule has 1 unspecified atom stereocenters. The number of nitrogens with zero attached hydrogens (tertiary/aromatic N) is 3. The van der Waals surface area contributed by atoms with E-state index >= 15 is 0 Å². The third kappa shape index (κ3) is 4.43. The fourth-order valence-electron chi connectivity index (χ4n) is 3.23. The molecule has 0 aliphatic carbocycles. The second-order valence-electron chi connectivity index (χ2n) is 7.07. The van der Waals surface area contributed by atoms with E-state index in [9.17, 15) is 13.7 Å². The molecular weight excluding hydrogens is 428 g/mol. The first-order chi connectivity index (χ1) is 15.0. The third-order valence-electron chi connectivity index (χ3n) is 4.87. The molecule has 0 aliphatic heterocycles. The summed E-state index contributed by atoms with van der Waals surface area (Å²) in [4.78, 5) is 10.4. The minimum absolute atomic E-state index is 0.0872. The Hall–Kier alpha value is -3.28. The maximum absolute atomic E-state index is 13.3. The number of hydrogen-bond acceptors (Lipinski definition) is 7. The Morgan fingerprint density at radius 1 is 1.03 bits per heavy atom. The van der Waals surface area contributed by atoms with E-state index in [-0.39, 0.29) is 10.6 Å². The van der Waals surface area contributed by atoms with Gasteiger partial charge in [0.25, 0.3) is 0 Å². The van der Waals surface area contributed by atoms with E-state index in [0.29, 0.717) is 23.4 Å². The summed E-state index contributed by atoms with van der Waals surface area (Å²) in [6, 6.07) is 19.7. The van der Waals surface area contributed by atoms with Gasteiger partial charge >= 0.3 is 0 Å². The summed E-state index contributed by atoms with van der Waals surface area (Å²) < 4.78 is 26.6. The second kappa shape index (κ2) is 8.84. The molecule has 8 heteroatoms. The largest absolute Gasteiger partial charge is 0.368 e. The van der Waals surface area contributed by atoms with Gasteiger partial charge in [0.15, 0.2) is 11.1 Å². The maximum atomic E-state index is 13.3. The standard InChI is InChI=1S/C23H20N4O2S2/c1-16-8-10-18(11-9-16)31(28,29)21(15-24)22-23(25-13-12-17-5-4-14-30-17)27-20-7-3-2-6-19(20)26-22/h2-11,14,21H,12-13H2,1H3,(H,25,27). The minimum Gasteiger partial charge on any atom is -0.368 e. The normalized spacial score (nSPS) is 12.4. The summed E-state index contributed by atoms with van der Waals surface area (Å²) in [5.41, 5.74) is 2.23. The molecule has 4 rings (SSSR count). The van der Waals surface area contributed by atoms with Gasteiger partial charge in [0, 0.05) is 11.4 Å². The van der Waals surface area contributed by atoms with Gasteiger partial charge in [-0.05, 0) is 49.1 Å². The van der Waals surface area contributed by atoms with Crippen LogP contribution in [0.4, 0.5) is 5.82 Å². The number of nitriles is 1. The minimum atomic E-state index is -3.98. The first-order valence-electron chi connectivity index (χ1n) is 9.72. The van der Waals surface area contributed by atoms with Crippen molar-refractivity contribution in [2.45, 2.75) is 23.5 Å². The van der Waals surface area contributed by atoms with Gasteiger partial charge in [0.2, 0.25) is 9.84 Å². The van der Waals surface area contributed by atoms with Crippen molar-refractivity contribution in [1.29, 1.82) is 5.26 Å². The predicted molar refractivity (Wildman–Crippen MR) is 123 cm³/mol. The number of hydrogen-bond donors (Lipinski definition) is 1. The molecule has 1 N–H and O–H groups in total.